The summed E-state index contributed by atoms with van der Waals surface area (Å²) in [5.41, 5.74) is 2.93. The van der Waals surface area contributed by atoms with Crippen LogP contribution in [0.25, 0.3) is 15.9 Å². The Hall–Kier alpha value is -2.90. The molecular formula is C26H25N3O2S2. The number of hydrogen-bond acceptors (Lipinski definition) is 5. The summed E-state index contributed by atoms with van der Waals surface area (Å²) in [7, 11) is 1.81. The quantitative estimate of drug-likeness (QED) is 0.263. The van der Waals surface area contributed by atoms with Crippen LogP contribution in [0.1, 0.15) is 36.8 Å². The monoisotopic (exact) mass is 475 g/mol. The van der Waals surface area contributed by atoms with Crippen LogP contribution in [0.3, 0.4) is 0 Å². The summed E-state index contributed by atoms with van der Waals surface area (Å²) in [4.78, 5) is 34.2. The van der Waals surface area contributed by atoms with Crippen molar-refractivity contribution in [3.8, 4) is 5.69 Å². The molecule has 0 aliphatic heterocycles. The number of thiophene rings is 1. The molecule has 168 valence electrons. The zero-order valence-corrected chi connectivity index (χ0v) is 20.2. The topological polar surface area (TPSA) is 55.2 Å². The molecule has 4 aromatic rings. The van der Waals surface area contributed by atoms with E-state index in [0.29, 0.717) is 17.6 Å². The van der Waals surface area contributed by atoms with Crippen molar-refractivity contribution >= 4 is 39.2 Å². The van der Waals surface area contributed by atoms with Crippen molar-refractivity contribution in [3.05, 3.63) is 87.5 Å². The highest BCUT2D eigenvalue weighted by Crippen LogP contribution is 2.44. The molecule has 1 aliphatic carbocycles. The molecule has 1 atom stereocenters. The van der Waals surface area contributed by atoms with Crippen LogP contribution < -0.4 is 5.56 Å². The van der Waals surface area contributed by atoms with Gasteiger partial charge in [0.15, 0.2) is 5.16 Å². The molecular weight excluding hydrogens is 450 g/mol. The molecule has 2 aromatic carbocycles. The first-order valence-electron chi connectivity index (χ1n) is 11.1. The van der Waals surface area contributed by atoms with Crippen molar-refractivity contribution in [3.63, 3.8) is 0 Å². The highest BCUT2D eigenvalue weighted by molar-refractivity contribution is 8.00. The van der Waals surface area contributed by atoms with Gasteiger partial charge in [0.05, 0.1) is 16.3 Å². The van der Waals surface area contributed by atoms with E-state index in [-0.39, 0.29) is 16.7 Å². The number of amides is 1. The fourth-order valence-corrected chi connectivity index (χ4v) is 6.13. The lowest BCUT2D eigenvalue weighted by atomic mass is 10.1. The fraction of sp³-hybridized carbons (Fsp3) is 0.269. The highest BCUT2D eigenvalue weighted by atomic mass is 32.2. The molecule has 5 nitrogen and oxygen atoms in total. The van der Waals surface area contributed by atoms with E-state index in [1.165, 1.54) is 23.1 Å². The van der Waals surface area contributed by atoms with Crippen LogP contribution in [-0.2, 0) is 11.3 Å². The van der Waals surface area contributed by atoms with E-state index >= 15 is 0 Å². The van der Waals surface area contributed by atoms with Gasteiger partial charge in [-0.3, -0.25) is 14.2 Å². The zero-order chi connectivity index (χ0) is 22.9. The summed E-state index contributed by atoms with van der Waals surface area (Å²) in [5.74, 6) is 0.478. The average Bonchev–Trinajstić information content (AvgIpc) is 3.59. The molecule has 0 bridgehead atoms. The molecule has 2 heterocycles. The lowest BCUT2D eigenvalue weighted by Gasteiger charge is -2.22. The Balaban J connectivity index is 1.49. The van der Waals surface area contributed by atoms with Crippen molar-refractivity contribution in [1.82, 2.24) is 14.5 Å². The zero-order valence-electron chi connectivity index (χ0n) is 18.6. The van der Waals surface area contributed by atoms with Gasteiger partial charge in [0.1, 0.15) is 4.83 Å². The molecule has 5 rings (SSSR count). The Morgan fingerprint density at radius 1 is 1.15 bits per heavy atom. The largest absolute Gasteiger partial charge is 0.340 e. The minimum absolute atomic E-state index is 0.00246. The van der Waals surface area contributed by atoms with Crippen molar-refractivity contribution in [2.75, 3.05) is 7.05 Å². The third-order valence-electron chi connectivity index (χ3n) is 5.91. The van der Waals surface area contributed by atoms with Gasteiger partial charge in [-0.15, -0.1) is 11.3 Å². The SMILES string of the molecule is CC(Sc1nc2scc(C3CC3)c2c(=O)n1-c1ccccc1)C(=O)N(C)Cc1ccccc1. The Morgan fingerprint density at radius 2 is 1.82 bits per heavy atom. The molecule has 33 heavy (non-hydrogen) atoms. The number of thioether (sulfide) groups is 1. The predicted octanol–water partition coefficient (Wildman–Crippen LogP) is 5.46. The summed E-state index contributed by atoms with van der Waals surface area (Å²) >= 11 is 2.87. The lowest BCUT2D eigenvalue weighted by Crippen LogP contribution is -2.33. The fourth-order valence-electron chi connectivity index (χ4n) is 4.03. The van der Waals surface area contributed by atoms with E-state index < -0.39 is 0 Å². The van der Waals surface area contributed by atoms with Gasteiger partial charge in [0.25, 0.3) is 5.56 Å². The van der Waals surface area contributed by atoms with Crippen LogP contribution in [0.5, 0.6) is 0 Å². The molecule has 0 N–H and O–H groups in total. The third kappa shape index (κ3) is 4.48. The van der Waals surface area contributed by atoms with E-state index in [4.69, 9.17) is 4.98 Å². The highest BCUT2D eigenvalue weighted by Gasteiger charge is 2.30. The maximum absolute atomic E-state index is 13.7. The number of hydrogen-bond donors (Lipinski definition) is 0. The van der Waals surface area contributed by atoms with Crippen molar-refractivity contribution in [2.24, 2.45) is 0 Å². The van der Waals surface area contributed by atoms with Crippen LogP contribution in [-0.4, -0.2) is 32.7 Å². The molecule has 1 aliphatic rings. The number of carbonyl (C=O) groups is 1. The van der Waals surface area contributed by atoms with Crippen LogP contribution in [0.4, 0.5) is 0 Å². The first kappa shape index (κ1) is 21.9. The normalized spacial score (nSPS) is 14.4. The van der Waals surface area contributed by atoms with Crippen molar-refractivity contribution in [2.45, 2.75) is 42.6 Å². The number of rotatable bonds is 7. The smallest absolute Gasteiger partial charge is 0.267 e. The van der Waals surface area contributed by atoms with E-state index in [9.17, 15) is 9.59 Å². The van der Waals surface area contributed by atoms with Gasteiger partial charge >= 0.3 is 0 Å². The summed E-state index contributed by atoms with van der Waals surface area (Å²) in [5, 5.41) is 2.98. The molecule has 7 heteroatoms. The van der Waals surface area contributed by atoms with Gasteiger partial charge in [-0.25, -0.2) is 4.98 Å². The van der Waals surface area contributed by atoms with Gasteiger partial charge in [0, 0.05) is 13.6 Å². The first-order valence-corrected chi connectivity index (χ1v) is 12.8. The first-order chi connectivity index (χ1) is 16.0. The van der Waals surface area contributed by atoms with Gasteiger partial charge in [-0.1, -0.05) is 60.3 Å². The Kier molecular flexibility index (Phi) is 6.08. The van der Waals surface area contributed by atoms with Crippen LogP contribution in [0.15, 0.2) is 76.0 Å². The number of para-hydroxylation sites is 1. The second kappa shape index (κ2) is 9.15. The molecule has 0 radical (unpaired) electrons. The van der Waals surface area contributed by atoms with E-state index in [0.717, 1.165) is 39.9 Å². The van der Waals surface area contributed by atoms with Gasteiger partial charge in [-0.05, 0) is 54.3 Å². The lowest BCUT2D eigenvalue weighted by molar-refractivity contribution is -0.129. The molecule has 1 fully saturated rings. The number of carbonyl (C=O) groups excluding carboxylic acids is 1. The minimum Gasteiger partial charge on any atom is -0.340 e. The molecule has 1 unspecified atom stereocenters. The Bertz CT molecular complexity index is 1340. The summed E-state index contributed by atoms with van der Waals surface area (Å²) in [6.07, 6.45) is 2.26. The van der Waals surface area contributed by atoms with Gasteiger partial charge < -0.3 is 4.90 Å². The van der Waals surface area contributed by atoms with E-state index in [1.54, 1.807) is 9.47 Å². The summed E-state index contributed by atoms with van der Waals surface area (Å²) in [6, 6.07) is 19.5. The minimum atomic E-state index is -0.388. The molecule has 0 spiro atoms. The second-order valence-electron chi connectivity index (χ2n) is 8.46. The maximum Gasteiger partial charge on any atom is 0.267 e. The summed E-state index contributed by atoms with van der Waals surface area (Å²) in [6.45, 7) is 2.42. The summed E-state index contributed by atoms with van der Waals surface area (Å²) < 4.78 is 1.67. The number of fused-ring (bicyclic) bond motifs is 1. The Morgan fingerprint density at radius 3 is 2.48 bits per heavy atom. The van der Waals surface area contributed by atoms with Crippen LogP contribution >= 0.6 is 23.1 Å². The van der Waals surface area contributed by atoms with Crippen molar-refractivity contribution < 1.29 is 4.79 Å². The number of aromatic nitrogens is 2. The van der Waals surface area contributed by atoms with Gasteiger partial charge in [0.2, 0.25) is 5.91 Å². The van der Waals surface area contributed by atoms with Crippen LogP contribution in [0, 0.1) is 0 Å². The van der Waals surface area contributed by atoms with Gasteiger partial charge in [-0.2, -0.15) is 0 Å². The Labute approximate surface area is 201 Å². The number of benzene rings is 2. The third-order valence-corrected chi connectivity index (χ3v) is 7.84. The predicted molar refractivity (Wildman–Crippen MR) is 135 cm³/mol. The van der Waals surface area contributed by atoms with E-state index in [2.05, 4.69) is 5.38 Å². The van der Waals surface area contributed by atoms with Crippen molar-refractivity contribution in [1.29, 1.82) is 0 Å². The van der Waals surface area contributed by atoms with E-state index in [1.807, 2.05) is 74.6 Å². The molecule has 1 amide bonds. The maximum atomic E-state index is 13.7. The second-order valence-corrected chi connectivity index (χ2v) is 10.6. The number of nitrogens with zero attached hydrogens (tertiary/aromatic N) is 3. The molecule has 1 saturated carbocycles. The standard InChI is InChI=1S/C26H25N3O2S2/c1-17(24(30)28(2)15-18-9-5-3-6-10-18)33-26-27-23-22(21(16-32-23)19-13-14-19)25(31)29(26)20-11-7-4-8-12-20/h3-12,16-17,19H,13-15H2,1-2H3. The molecule has 2 aromatic heterocycles. The molecule has 0 saturated heterocycles. The average molecular weight is 476 g/mol. The van der Waals surface area contributed by atoms with Crippen LogP contribution in [0.2, 0.25) is 0 Å².